The number of halogens is 1. The van der Waals surface area contributed by atoms with Gasteiger partial charge >= 0.3 is 6.03 Å². The minimum Gasteiger partial charge on any atom is -0.323 e. The van der Waals surface area contributed by atoms with E-state index in [2.05, 4.69) is 5.32 Å². The number of carbonyl (C=O) groups excluding carboxylic acids is 2. The van der Waals surface area contributed by atoms with Crippen LogP contribution in [0, 0.1) is 0 Å². The fourth-order valence-corrected chi connectivity index (χ4v) is 5.31. The number of unbranched alkanes of at least 4 members (excludes halogenated alkanes) is 1. The number of rotatable bonds is 6. The van der Waals surface area contributed by atoms with Crippen LogP contribution in [-0.2, 0) is 21.4 Å². The molecule has 2 heterocycles. The molecule has 2 fully saturated rings. The topological polar surface area (TPSA) is 86.8 Å². The molecule has 3 rings (SSSR count). The SMILES string of the molecule is CCCCS(=O)(=O)N1CCC2(CC1)NC(=O)N(Cc1ccc(Cl)cc1)C2=O. The largest absolute Gasteiger partial charge is 0.325 e. The van der Waals surface area contributed by atoms with Gasteiger partial charge in [0.2, 0.25) is 10.0 Å². The molecule has 2 aliphatic heterocycles. The number of urea groups is 1. The lowest BCUT2D eigenvalue weighted by molar-refractivity contribution is -0.133. The average molecular weight is 414 g/mol. The second-order valence-electron chi connectivity index (χ2n) is 7.10. The van der Waals surface area contributed by atoms with Crippen molar-refractivity contribution in [2.45, 2.75) is 44.7 Å². The summed E-state index contributed by atoms with van der Waals surface area (Å²) >= 11 is 5.87. The van der Waals surface area contributed by atoms with E-state index in [1.165, 1.54) is 9.21 Å². The standard InChI is InChI=1S/C18H24ClN3O4S/c1-2-3-12-27(25,26)21-10-8-18(9-11-21)16(23)22(17(24)20-18)13-14-4-6-15(19)7-5-14/h4-7H,2-3,8-13H2,1H3,(H,20,24). The first-order chi connectivity index (χ1) is 12.8. The summed E-state index contributed by atoms with van der Waals surface area (Å²) in [5.74, 6) is -0.160. The Morgan fingerprint density at radius 2 is 1.78 bits per heavy atom. The summed E-state index contributed by atoms with van der Waals surface area (Å²) in [5.41, 5.74) is -0.195. The molecule has 148 valence electrons. The van der Waals surface area contributed by atoms with Crippen molar-refractivity contribution in [1.82, 2.24) is 14.5 Å². The van der Waals surface area contributed by atoms with Gasteiger partial charge < -0.3 is 5.32 Å². The Labute approximate surface area is 164 Å². The van der Waals surface area contributed by atoms with Crippen molar-refractivity contribution in [1.29, 1.82) is 0 Å². The van der Waals surface area contributed by atoms with Crippen LogP contribution < -0.4 is 5.32 Å². The van der Waals surface area contributed by atoms with E-state index in [1.807, 2.05) is 6.92 Å². The molecule has 1 aromatic carbocycles. The van der Waals surface area contributed by atoms with Crippen molar-refractivity contribution in [2.75, 3.05) is 18.8 Å². The molecule has 2 saturated heterocycles. The molecule has 0 bridgehead atoms. The number of hydrogen-bond donors (Lipinski definition) is 1. The molecular formula is C18H24ClN3O4S. The number of imide groups is 1. The highest BCUT2D eigenvalue weighted by atomic mass is 35.5. The maximum atomic E-state index is 12.9. The van der Waals surface area contributed by atoms with E-state index in [-0.39, 0.29) is 31.3 Å². The molecule has 3 amide bonds. The summed E-state index contributed by atoms with van der Waals surface area (Å²) in [6.07, 6.45) is 2.01. The highest BCUT2D eigenvalue weighted by Crippen LogP contribution is 2.31. The smallest absolute Gasteiger partial charge is 0.323 e. The lowest BCUT2D eigenvalue weighted by Gasteiger charge is -2.36. The van der Waals surface area contributed by atoms with E-state index in [0.717, 1.165) is 12.0 Å². The number of benzene rings is 1. The maximum absolute atomic E-state index is 12.9. The van der Waals surface area contributed by atoms with Crippen LogP contribution >= 0.6 is 11.6 Å². The lowest BCUT2D eigenvalue weighted by atomic mass is 9.88. The molecule has 9 heteroatoms. The number of sulfonamides is 1. The van der Waals surface area contributed by atoms with Gasteiger partial charge in [-0.15, -0.1) is 0 Å². The predicted octanol–water partition coefficient (Wildman–Crippen LogP) is 2.36. The molecule has 1 aromatic rings. The number of amides is 3. The summed E-state index contributed by atoms with van der Waals surface area (Å²) < 4.78 is 26.2. The summed E-state index contributed by atoms with van der Waals surface area (Å²) in [7, 11) is -3.31. The monoisotopic (exact) mass is 413 g/mol. The van der Waals surface area contributed by atoms with Gasteiger partial charge in [0.15, 0.2) is 0 Å². The Bertz CT molecular complexity index is 818. The summed E-state index contributed by atoms with van der Waals surface area (Å²) in [5, 5.41) is 3.39. The van der Waals surface area contributed by atoms with Crippen LogP contribution in [0.25, 0.3) is 0 Å². The van der Waals surface area contributed by atoms with Gasteiger partial charge in [0.05, 0.1) is 12.3 Å². The molecule has 1 spiro atoms. The quantitative estimate of drug-likeness (QED) is 0.725. The van der Waals surface area contributed by atoms with Gasteiger partial charge in [-0.3, -0.25) is 9.69 Å². The Hall–Kier alpha value is -1.64. The van der Waals surface area contributed by atoms with Gasteiger partial charge in [-0.25, -0.2) is 17.5 Å². The first-order valence-corrected chi connectivity index (χ1v) is 11.1. The molecule has 0 saturated carbocycles. The van der Waals surface area contributed by atoms with Gasteiger partial charge in [0.25, 0.3) is 5.91 Å². The Balaban J connectivity index is 1.67. The summed E-state index contributed by atoms with van der Waals surface area (Å²) in [6, 6.07) is 6.54. The van der Waals surface area contributed by atoms with Gasteiger partial charge in [-0.05, 0) is 37.0 Å². The van der Waals surface area contributed by atoms with Crippen LogP contribution in [0.5, 0.6) is 0 Å². The van der Waals surface area contributed by atoms with Crippen LogP contribution in [0.15, 0.2) is 24.3 Å². The molecule has 0 atom stereocenters. The third-order valence-corrected chi connectivity index (χ3v) is 7.43. The number of piperidine rings is 1. The normalized spacial score (nSPS) is 20.3. The van der Waals surface area contributed by atoms with E-state index >= 15 is 0 Å². The Morgan fingerprint density at radius 3 is 2.37 bits per heavy atom. The Morgan fingerprint density at radius 1 is 1.15 bits per heavy atom. The van der Waals surface area contributed by atoms with Crippen molar-refractivity contribution >= 4 is 33.6 Å². The summed E-state index contributed by atoms with van der Waals surface area (Å²) in [6.45, 7) is 2.60. The zero-order chi connectivity index (χ0) is 19.7. The highest BCUT2D eigenvalue weighted by molar-refractivity contribution is 7.89. The molecule has 0 aliphatic carbocycles. The molecule has 0 aromatic heterocycles. The van der Waals surface area contributed by atoms with Crippen LogP contribution in [-0.4, -0.2) is 53.9 Å². The number of nitrogens with one attached hydrogen (secondary N) is 1. The van der Waals surface area contributed by atoms with E-state index in [1.54, 1.807) is 24.3 Å². The Kier molecular flexibility index (Phi) is 5.79. The molecule has 0 unspecified atom stereocenters. The fourth-order valence-electron chi connectivity index (χ4n) is 3.53. The first kappa shape index (κ1) is 20.1. The van der Waals surface area contributed by atoms with E-state index < -0.39 is 21.6 Å². The third kappa shape index (κ3) is 4.12. The maximum Gasteiger partial charge on any atom is 0.325 e. The molecule has 2 aliphatic rings. The fraction of sp³-hybridized carbons (Fsp3) is 0.556. The number of hydrogen-bond acceptors (Lipinski definition) is 4. The van der Waals surface area contributed by atoms with Crippen molar-refractivity contribution in [3.63, 3.8) is 0 Å². The zero-order valence-corrected chi connectivity index (χ0v) is 16.9. The number of carbonyl (C=O) groups is 2. The third-order valence-electron chi connectivity index (χ3n) is 5.23. The van der Waals surface area contributed by atoms with Gasteiger partial charge in [-0.1, -0.05) is 37.1 Å². The van der Waals surface area contributed by atoms with Crippen molar-refractivity contribution in [3.05, 3.63) is 34.9 Å². The van der Waals surface area contributed by atoms with E-state index in [0.29, 0.717) is 24.3 Å². The molecule has 1 N–H and O–H groups in total. The zero-order valence-electron chi connectivity index (χ0n) is 15.3. The van der Waals surface area contributed by atoms with E-state index in [4.69, 9.17) is 11.6 Å². The van der Waals surface area contributed by atoms with Crippen molar-refractivity contribution in [2.24, 2.45) is 0 Å². The minimum absolute atomic E-state index is 0.125. The van der Waals surface area contributed by atoms with E-state index in [9.17, 15) is 18.0 Å². The molecule has 7 nitrogen and oxygen atoms in total. The molecule has 27 heavy (non-hydrogen) atoms. The second-order valence-corrected chi connectivity index (χ2v) is 9.62. The van der Waals surface area contributed by atoms with Gasteiger partial charge in [-0.2, -0.15) is 0 Å². The van der Waals surface area contributed by atoms with Gasteiger partial charge in [0, 0.05) is 18.1 Å². The van der Waals surface area contributed by atoms with Crippen LogP contribution in [0.1, 0.15) is 38.2 Å². The van der Waals surface area contributed by atoms with Crippen LogP contribution in [0.2, 0.25) is 5.02 Å². The summed E-state index contributed by atoms with van der Waals surface area (Å²) in [4.78, 5) is 26.5. The molecular weight excluding hydrogens is 390 g/mol. The van der Waals surface area contributed by atoms with Crippen LogP contribution in [0.4, 0.5) is 4.79 Å². The number of nitrogens with zero attached hydrogens (tertiary/aromatic N) is 2. The highest BCUT2D eigenvalue weighted by Gasteiger charge is 2.53. The van der Waals surface area contributed by atoms with Crippen LogP contribution in [0.3, 0.4) is 0 Å². The molecule has 0 radical (unpaired) electrons. The first-order valence-electron chi connectivity index (χ1n) is 9.14. The lowest BCUT2D eigenvalue weighted by Crippen LogP contribution is -2.56. The average Bonchev–Trinajstić information content (AvgIpc) is 2.86. The second kappa shape index (κ2) is 7.77. The minimum atomic E-state index is -3.31. The predicted molar refractivity (Wildman–Crippen MR) is 103 cm³/mol. The van der Waals surface area contributed by atoms with Gasteiger partial charge in [0.1, 0.15) is 5.54 Å². The van der Waals surface area contributed by atoms with Crippen molar-refractivity contribution in [3.8, 4) is 0 Å². The van der Waals surface area contributed by atoms with Crippen molar-refractivity contribution < 1.29 is 18.0 Å².